The van der Waals surface area contributed by atoms with Gasteiger partial charge >= 0.3 is 0 Å². The molecule has 0 unspecified atom stereocenters. The van der Waals surface area contributed by atoms with Crippen molar-refractivity contribution >= 4 is 21.6 Å². The van der Waals surface area contributed by atoms with E-state index in [-0.39, 0.29) is 5.82 Å². The lowest BCUT2D eigenvalue weighted by molar-refractivity contribution is 0.603. The summed E-state index contributed by atoms with van der Waals surface area (Å²) in [6, 6.07) is 11.6. The number of hydrogen-bond acceptors (Lipinski definition) is 3. The molecule has 0 atom stereocenters. The molecule has 0 heterocycles. The Morgan fingerprint density at radius 1 is 1.14 bits per heavy atom. The van der Waals surface area contributed by atoms with Gasteiger partial charge in [-0.3, -0.25) is 4.72 Å². The van der Waals surface area contributed by atoms with Crippen molar-refractivity contribution in [2.24, 2.45) is 5.14 Å². The molecule has 0 spiro atoms. The minimum absolute atomic E-state index is 0.238. The molecule has 21 heavy (non-hydrogen) atoms. The smallest absolute Gasteiger partial charge is 0.296 e. The van der Waals surface area contributed by atoms with Gasteiger partial charge < -0.3 is 5.32 Å². The summed E-state index contributed by atoms with van der Waals surface area (Å²) in [4.78, 5) is 0. The van der Waals surface area contributed by atoms with Gasteiger partial charge in [-0.05, 0) is 42.3 Å². The lowest BCUT2D eigenvalue weighted by Crippen LogP contribution is -2.21. The van der Waals surface area contributed by atoms with Crippen LogP contribution < -0.4 is 15.2 Å². The van der Waals surface area contributed by atoms with E-state index in [4.69, 9.17) is 5.14 Å². The third-order valence-corrected chi connectivity index (χ3v) is 3.36. The molecule has 5 nitrogen and oxygen atoms in total. The molecule has 0 saturated carbocycles. The van der Waals surface area contributed by atoms with Gasteiger partial charge in [0.05, 0.1) is 5.69 Å². The fourth-order valence-electron chi connectivity index (χ4n) is 1.88. The van der Waals surface area contributed by atoms with Crippen LogP contribution in [0.15, 0.2) is 42.5 Å². The summed E-state index contributed by atoms with van der Waals surface area (Å²) >= 11 is 0. The lowest BCUT2D eigenvalue weighted by Gasteiger charge is -2.10. The van der Waals surface area contributed by atoms with Crippen LogP contribution in [0.25, 0.3) is 0 Å². The molecule has 112 valence electrons. The van der Waals surface area contributed by atoms with Gasteiger partial charge in [0.25, 0.3) is 10.2 Å². The highest BCUT2D eigenvalue weighted by Gasteiger charge is 2.03. The second-order valence-corrected chi connectivity index (χ2v) is 5.96. The molecule has 4 N–H and O–H groups in total. The summed E-state index contributed by atoms with van der Waals surface area (Å²) in [7, 11) is -3.79. The zero-order valence-electron chi connectivity index (χ0n) is 11.4. The van der Waals surface area contributed by atoms with Crippen molar-refractivity contribution < 1.29 is 12.8 Å². The molecule has 2 aromatic rings. The van der Waals surface area contributed by atoms with Crippen molar-refractivity contribution in [3.05, 3.63) is 59.4 Å². The van der Waals surface area contributed by atoms with Gasteiger partial charge in [-0.15, -0.1) is 0 Å². The van der Waals surface area contributed by atoms with Crippen LogP contribution >= 0.6 is 0 Å². The number of rotatable bonds is 5. The standard InChI is InChI=1S/C14H16FN3O2S/c1-10-7-11(5-6-14(10)15)9-17-12-3-2-4-13(8-12)18-21(16,19)20/h2-8,17-18H,9H2,1H3,(H2,16,19,20). The fraction of sp³-hybridized carbons (Fsp3) is 0.143. The highest BCUT2D eigenvalue weighted by atomic mass is 32.2. The van der Waals surface area contributed by atoms with Crippen molar-refractivity contribution in [3.63, 3.8) is 0 Å². The van der Waals surface area contributed by atoms with Gasteiger partial charge in [0.2, 0.25) is 0 Å². The van der Waals surface area contributed by atoms with E-state index in [1.54, 1.807) is 43.3 Å². The van der Waals surface area contributed by atoms with Crippen LogP contribution in [0.5, 0.6) is 0 Å². The van der Waals surface area contributed by atoms with E-state index < -0.39 is 10.2 Å². The molecule has 2 aromatic carbocycles. The van der Waals surface area contributed by atoms with E-state index in [1.807, 2.05) is 0 Å². The van der Waals surface area contributed by atoms with Crippen molar-refractivity contribution in [1.29, 1.82) is 0 Å². The fourth-order valence-corrected chi connectivity index (χ4v) is 2.33. The third kappa shape index (κ3) is 4.73. The maximum Gasteiger partial charge on any atom is 0.296 e. The van der Waals surface area contributed by atoms with E-state index in [2.05, 4.69) is 10.0 Å². The second kappa shape index (κ2) is 6.11. The number of anilines is 2. The van der Waals surface area contributed by atoms with Crippen LogP contribution in [0.2, 0.25) is 0 Å². The first-order chi connectivity index (χ1) is 9.83. The Bertz CT molecular complexity index is 748. The monoisotopic (exact) mass is 309 g/mol. The Kier molecular flexibility index (Phi) is 4.44. The Morgan fingerprint density at radius 2 is 1.86 bits per heavy atom. The molecule has 0 aliphatic heterocycles. The largest absolute Gasteiger partial charge is 0.381 e. The van der Waals surface area contributed by atoms with Crippen molar-refractivity contribution in [2.45, 2.75) is 13.5 Å². The summed E-state index contributed by atoms with van der Waals surface area (Å²) in [6.45, 7) is 2.20. The average molecular weight is 309 g/mol. The second-order valence-electron chi connectivity index (χ2n) is 4.66. The molecule has 7 heteroatoms. The topological polar surface area (TPSA) is 84.2 Å². The zero-order chi connectivity index (χ0) is 15.5. The number of aryl methyl sites for hydroxylation is 1. The lowest BCUT2D eigenvalue weighted by atomic mass is 10.1. The van der Waals surface area contributed by atoms with Crippen LogP contribution in [0.1, 0.15) is 11.1 Å². The molecule has 0 aromatic heterocycles. The number of hydrogen-bond donors (Lipinski definition) is 3. The first-order valence-electron chi connectivity index (χ1n) is 6.23. The number of nitrogens with two attached hydrogens (primary N) is 1. The molecule has 0 radical (unpaired) electrons. The van der Waals surface area contributed by atoms with E-state index in [9.17, 15) is 12.8 Å². The average Bonchev–Trinajstić information content (AvgIpc) is 2.39. The van der Waals surface area contributed by atoms with Crippen LogP contribution in [-0.4, -0.2) is 8.42 Å². The van der Waals surface area contributed by atoms with Crippen molar-refractivity contribution in [3.8, 4) is 0 Å². The highest BCUT2D eigenvalue weighted by molar-refractivity contribution is 7.90. The molecular formula is C14H16FN3O2S. The zero-order valence-corrected chi connectivity index (χ0v) is 12.2. The summed E-state index contributed by atoms with van der Waals surface area (Å²) in [6.07, 6.45) is 0. The SMILES string of the molecule is Cc1cc(CNc2cccc(NS(N)(=O)=O)c2)ccc1F. The van der Waals surface area contributed by atoms with Gasteiger partial charge in [-0.1, -0.05) is 18.2 Å². The molecule has 2 rings (SSSR count). The number of nitrogens with one attached hydrogen (secondary N) is 2. The maximum absolute atomic E-state index is 13.2. The summed E-state index contributed by atoms with van der Waals surface area (Å²) in [5.74, 6) is -0.238. The summed E-state index contributed by atoms with van der Waals surface area (Å²) in [5, 5.41) is 8.05. The molecular weight excluding hydrogens is 293 g/mol. The van der Waals surface area contributed by atoms with Crippen LogP contribution in [0, 0.1) is 12.7 Å². The quantitative estimate of drug-likeness (QED) is 0.792. The predicted molar refractivity (Wildman–Crippen MR) is 81.6 cm³/mol. The number of halogens is 1. The van der Waals surface area contributed by atoms with Crippen molar-refractivity contribution in [2.75, 3.05) is 10.0 Å². The van der Waals surface area contributed by atoms with E-state index in [1.165, 1.54) is 6.07 Å². The van der Waals surface area contributed by atoms with Crippen LogP contribution in [-0.2, 0) is 16.8 Å². The van der Waals surface area contributed by atoms with Crippen molar-refractivity contribution in [1.82, 2.24) is 0 Å². The third-order valence-electron chi connectivity index (χ3n) is 2.84. The van der Waals surface area contributed by atoms with E-state index in [0.717, 1.165) is 11.3 Å². The molecule has 0 bridgehead atoms. The Labute approximate surface area is 123 Å². The molecule has 0 aliphatic carbocycles. The normalized spacial score (nSPS) is 11.2. The minimum atomic E-state index is -3.79. The molecule has 0 amide bonds. The van der Waals surface area contributed by atoms with Crippen LogP contribution in [0.3, 0.4) is 0 Å². The van der Waals surface area contributed by atoms with Crippen LogP contribution in [0.4, 0.5) is 15.8 Å². The summed E-state index contributed by atoms with van der Waals surface area (Å²) in [5.41, 5.74) is 2.61. The first-order valence-corrected chi connectivity index (χ1v) is 7.77. The van der Waals surface area contributed by atoms with Gasteiger partial charge in [0, 0.05) is 12.2 Å². The molecule has 0 saturated heterocycles. The first kappa shape index (κ1) is 15.3. The predicted octanol–water partition coefficient (Wildman–Crippen LogP) is 2.36. The molecule has 0 aliphatic rings. The van der Waals surface area contributed by atoms with Gasteiger partial charge in [0.1, 0.15) is 5.82 Å². The highest BCUT2D eigenvalue weighted by Crippen LogP contribution is 2.17. The van der Waals surface area contributed by atoms with E-state index >= 15 is 0 Å². The van der Waals surface area contributed by atoms with Gasteiger partial charge in [-0.2, -0.15) is 8.42 Å². The van der Waals surface area contributed by atoms with E-state index in [0.29, 0.717) is 17.8 Å². The Balaban J connectivity index is 2.06. The Morgan fingerprint density at radius 3 is 2.52 bits per heavy atom. The maximum atomic E-state index is 13.2. The van der Waals surface area contributed by atoms with Gasteiger partial charge in [0.15, 0.2) is 0 Å². The molecule has 0 fully saturated rings. The van der Waals surface area contributed by atoms with Gasteiger partial charge in [-0.25, -0.2) is 9.53 Å². The minimum Gasteiger partial charge on any atom is -0.381 e. The Hall–Kier alpha value is -2.12. The summed E-state index contributed by atoms with van der Waals surface area (Å²) < 4.78 is 37.3. The number of benzene rings is 2.